The second-order valence-corrected chi connectivity index (χ2v) is 8.65. The summed E-state index contributed by atoms with van der Waals surface area (Å²) in [7, 11) is 1.27. The molecule has 4 aromatic rings. The van der Waals surface area contributed by atoms with Crippen molar-refractivity contribution in [1.82, 2.24) is 18.9 Å². The zero-order valence-electron chi connectivity index (χ0n) is 19.1. The molecule has 3 heterocycles. The molecule has 180 valence electrons. The Morgan fingerprint density at radius 3 is 2.51 bits per heavy atom. The van der Waals surface area contributed by atoms with E-state index in [1.165, 1.54) is 23.1 Å². The molecule has 0 bridgehead atoms. The van der Waals surface area contributed by atoms with Gasteiger partial charge in [-0.05, 0) is 30.0 Å². The van der Waals surface area contributed by atoms with Gasteiger partial charge in [0, 0.05) is 19.7 Å². The second-order valence-electron chi connectivity index (χ2n) is 7.70. The van der Waals surface area contributed by atoms with Gasteiger partial charge < -0.3 is 10.5 Å². The van der Waals surface area contributed by atoms with Crippen LogP contribution < -0.4 is 17.0 Å². The number of hydrogen-bond donors (Lipinski definition) is 1. The van der Waals surface area contributed by atoms with E-state index in [-0.39, 0.29) is 23.6 Å². The molecule has 0 aliphatic carbocycles. The number of hydrogen-bond acceptors (Lipinski definition) is 8. The van der Waals surface area contributed by atoms with E-state index in [9.17, 15) is 19.2 Å². The van der Waals surface area contributed by atoms with Gasteiger partial charge in [-0.15, -0.1) is 11.3 Å². The lowest BCUT2D eigenvalue weighted by Gasteiger charge is -2.14. The SMILES string of the molecule is CCCn1c(N)c(C(=O)COC(=O)c2cc(-c3cccs3)nn2-c2ccccc2)c(=O)n(C)c1=O. The number of ether oxygens (including phenoxy) is 1. The molecule has 4 rings (SSSR count). The molecule has 0 saturated heterocycles. The van der Waals surface area contributed by atoms with Crippen LogP contribution in [0.3, 0.4) is 0 Å². The zero-order valence-corrected chi connectivity index (χ0v) is 19.9. The standard InChI is InChI=1S/C24H23N5O5S/c1-3-11-28-21(25)20(22(31)27(2)24(28)33)18(30)14-34-23(32)17-13-16(19-10-7-12-35-19)26-29(17)15-8-5-4-6-9-15/h4-10,12-13H,3,11,14,25H2,1-2H3. The van der Waals surface area contributed by atoms with Gasteiger partial charge in [0.1, 0.15) is 17.1 Å². The Morgan fingerprint density at radius 2 is 1.86 bits per heavy atom. The molecule has 2 N–H and O–H groups in total. The molecule has 11 heteroatoms. The van der Waals surface area contributed by atoms with Crippen LogP contribution in [0.2, 0.25) is 0 Å². The molecule has 10 nitrogen and oxygen atoms in total. The number of esters is 1. The van der Waals surface area contributed by atoms with Crippen molar-refractivity contribution in [3.8, 4) is 16.3 Å². The third-order valence-electron chi connectivity index (χ3n) is 5.34. The van der Waals surface area contributed by atoms with E-state index in [1.807, 2.05) is 42.6 Å². The Hall–Kier alpha value is -4.25. The van der Waals surface area contributed by atoms with Crippen molar-refractivity contribution >= 4 is 28.9 Å². The molecule has 35 heavy (non-hydrogen) atoms. The minimum atomic E-state index is -0.838. The van der Waals surface area contributed by atoms with E-state index >= 15 is 0 Å². The summed E-state index contributed by atoms with van der Waals surface area (Å²) in [6.45, 7) is 1.35. The Kier molecular flexibility index (Phi) is 6.78. The smallest absolute Gasteiger partial charge is 0.357 e. The van der Waals surface area contributed by atoms with Crippen molar-refractivity contribution in [2.45, 2.75) is 19.9 Å². The number of nitrogen functional groups attached to an aromatic ring is 1. The van der Waals surface area contributed by atoms with Gasteiger partial charge in [0.25, 0.3) is 5.56 Å². The molecule has 0 spiro atoms. The van der Waals surface area contributed by atoms with Gasteiger partial charge in [-0.25, -0.2) is 14.3 Å². The number of nitrogens with zero attached hydrogens (tertiary/aromatic N) is 4. The Bertz CT molecular complexity index is 1500. The van der Waals surface area contributed by atoms with Crippen LogP contribution in [0.15, 0.2) is 63.5 Å². The number of Topliss-reactive ketones (excluding diaryl/α,β-unsaturated/α-hetero) is 1. The van der Waals surface area contributed by atoms with Crippen LogP contribution in [0.4, 0.5) is 5.82 Å². The summed E-state index contributed by atoms with van der Waals surface area (Å²) in [5.41, 5.74) is 5.48. The van der Waals surface area contributed by atoms with Gasteiger partial charge in [-0.3, -0.25) is 18.7 Å². The minimum absolute atomic E-state index is 0.115. The first-order valence-electron chi connectivity index (χ1n) is 10.8. The third kappa shape index (κ3) is 4.58. The largest absolute Gasteiger partial charge is 0.453 e. The number of carbonyl (C=O) groups excluding carboxylic acids is 2. The summed E-state index contributed by atoms with van der Waals surface area (Å²) < 4.78 is 8.70. The summed E-state index contributed by atoms with van der Waals surface area (Å²) in [5, 5.41) is 6.44. The van der Waals surface area contributed by atoms with Crippen molar-refractivity contribution in [3.63, 3.8) is 0 Å². The van der Waals surface area contributed by atoms with Crippen molar-refractivity contribution < 1.29 is 14.3 Å². The maximum absolute atomic E-state index is 13.0. The molecule has 0 unspecified atom stereocenters. The number of para-hydroxylation sites is 1. The Morgan fingerprint density at radius 1 is 1.11 bits per heavy atom. The van der Waals surface area contributed by atoms with Crippen LogP contribution in [0.1, 0.15) is 34.2 Å². The van der Waals surface area contributed by atoms with Crippen molar-refractivity contribution in [2.24, 2.45) is 7.05 Å². The van der Waals surface area contributed by atoms with Crippen molar-refractivity contribution in [1.29, 1.82) is 0 Å². The van der Waals surface area contributed by atoms with Crippen molar-refractivity contribution in [2.75, 3.05) is 12.3 Å². The lowest BCUT2D eigenvalue weighted by Crippen LogP contribution is -2.43. The maximum Gasteiger partial charge on any atom is 0.357 e. The lowest BCUT2D eigenvalue weighted by molar-refractivity contribution is 0.0465. The number of benzene rings is 1. The molecule has 0 fully saturated rings. The number of rotatable bonds is 8. The van der Waals surface area contributed by atoms with Gasteiger partial charge in [0.2, 0.25) is 5.78 Å². The normalized spacial score (nSPS) is 10.9. The van der Waals surface area contributed by atoms with Crippen LogP contribution in [0, 0.1) is 0 Å². The van der Waals surface area contributed by atoms with E-state index < -0.39 is 29.6 Å². The van der Waals surface area contributed by atoms with E-state index in [4.69, 9.17) is 10.5 Å². The molecule has 1 aromatic carbocycles. The first-order chi connectivity index (χ1) is 16.8. The first kappa shape index (κ1) is 23.9. The summed E-state index contributed by atoms with van der Waals surface area (Å²) in [6, 6.07) is 14.4. The predicted octanol–water partition coefficient (Wildman–Crippen LogP) is 2.49. The molecular weight excluding hydrogens is 470 g/mol. The number of ketones is 1. The summed E-state index contributed by atoms with van der Waals surface area (Å²) in [6.07, 6.45) is 0.570. The highest BCUT2D eigenvalue weighted by Crippen LogP contribution is 2.26. The molecule has 0 aliphatic heterocycles. The fourth-order valence-electron chi connectivity index (χ4n) is 3.60. The van der Waals surface area contributed by atoms with Gasteiger partial charge >= 0.3 is 11.7 Å². The van der Waals surface area contributed by atoms with Gasteiger partial charge in [0.05, 0.1) is 10.6 Å². The molecular formula is C24H23N5O5S. The predicted molar refractivity (Wildman–Crippen MR) is 132 cm³/mol. The topological polar surface area (TPSA) is 131 Å². The average molecular weight is 494 g/mol. The average Bonchev–Trinajstić information content (AvgIpc) is 3.55. The number of carbonyl (C=O) groups is 2. The van der Waals surface area contributed by atoms with Crippen molar-refractivity contribution in [3.05, 3.63) is 86.0 Å². The number of anilines is 1. The molecule has 3 aromatic heterocycles. The van der Waals surface area contributed by atoms with E-state index in [2.05, 4.69) is 5.10 Å². The zero-order chi connectivity index (χ0) is 25.1. The van der Waals surface area contributed by atoms with Gasteiger partial charge in [-0.2, -0.15) is 5.10 Å². The molecule has 0 saturated carbocycles. The van der Waals surface area contributed by atoms with Crippen LogP contribution in [-0.2, 0) is 18.3 Å². The number of nitrogens with two attached hydrogens (primary N) is 1. The van der Waals surface area contributed by atoms with Gasteiger partial charge in [-0.1, -0.05) is 31.2 Å². The molecule has 0 radical (unpaired) electrons. The van der Waals surface area contributed by atoms with Gasteiger partial charge in [0.15, 0.2) is 12.3 Å². The monoisotopic (exact) mass is 493 g/mol. The number of aromatic nitrogens is 4. The summed E-state index contributed by atoms with van der Waals surface area (Å²) in [5.74, 6) is -1.84. The Balaban J connectivity index is 1.64. The summed E-state index contributed by atoms with van der Waals surface area (Å²) >= 11 is 1.47. The first-order valence-corrected chi connectivity index (χ1v) is 11.7. The van der Waals surface area contributed by atoms with Crippen LogP contribution in [-0.4, -0.2) is 37.3 Å². The highest BCUT2D eigenvalue weighted by atomic mass is 32.1. The van der Waals surface area contributed by atoms with Crippen LogP contribution >= 0.6 is 11.3 Å². The summed E-state index contributed by atoms with van der Waals surface area (Å²) in [4.78, 5) is 51.7. The molecule has 0 aliphatic rings. The second kappa shape index (κ2) is 9.94. The molecule has 0 amide bonds. The fourth-order valence-corrected chi connectivity index (χ4v) is 4.28. The quantitative estimate of drug-likeness (QED) is 0.295. The minimum Gasteiger partial charge on any atom is -0.453 e. The highest BCUT2D eigenvalue weighted by molar-refractivity contribution is 7.13. The highest BCUT2D eigenvalue weighted by Gasteiger charge is 2.24. The van der Waals surface area contributed by atoms with E-state index in [0.29, 0.717) is 17.8 Å². The third-order valence-corrected chi connectivity index (χ3v) is 6.23. The molecule has 0 atom stereocenters. The van der Waals surface area contributed by atoms with Crippen LogP contribution in [0.5, 0.6) is 0 Å². The lowest BCUT2D eigenvalue weighted by atomic mass is 10.2. The Labute approximate surface area is 203 Å². The number of thiophene rings is 1. The van der Waals surface area contributed by atoms with E-state index in [1.54, 1.807) is 18.2 Å². The fraction of sp³-hybridized carbons (Fsp3) is 0.208. The van der Waals surface area contributed by atoms with Crippen LogP contribution in [0.25, 0.3) is 16.3 Å². The maximum atomic E-state index is 13.0. The van der Waals surface area contributed by atoms with E-state index in [0.717, 1.165) is 14.0 Å².